The molecule has 1 rings (SSSR count). The second kappa shape index (κ2) is 6.55. The Morgan fingerprint density at radius 2 is 1.94 bits per heavy atom. The zero-order valence-corrected chi connectivity index (χ0v) is 10.3. The zero-order valence-electron chi connectivity index (χ0n) is 10.3. The maximum Gasteiger partial charge on any atom is 0.0955 e. The molecule has 0 saturated carbocycles. The van der Waals surface area contributed by atoms with E-state index in [1.165, 1.54) is 0 Å². The van der Waals surface area contributed by atoms with Gasteiger partial charge < -0.3 is 14.9 Å². The molecule has 0 fully saturated rings. The van der Waals surface area contributed by atoms with Crippen LogP contribution in [-0.2, 0) is 11.3 Å². The minimum Gasteiger partial charge on any atom is -0.387 e. The lowest BCUT2D eigenvalue weighted by atomic mass is 10.1. The lowest BCUT2D eigenvalue weighted by molar-refractivity contribution is 0.0489. The maximum absolute atomic E-state index is 9.57. The summed E-state index contributed by atoms with van der Waals surface area (Å²) in [4.78, 5) is 0. The lowest BCUT2D eigenvalue weighted by Gasteiger charge is -2.12. The molecule has 0 aliphatic rings. The summed E-state index contributed by atoms with van der Waals surface area (Å²) in [5.41, 5.74) is 0.173. The molecule has 0 aliphatic carbocycles. The Bertz CT molecular complexity index is 338. The highest BCUT2D eigenvalue weighted by Crippen LogP contribution is 2.05. The molecule has 0 unspecified atom stereocenters. The second-order valence-electron chi connectivity index (χ2n) is 4.58. The first-order valence-electron chi connectivity index (χ1n) is 5.69. The Balaban J connectivity index is 2.25. The molecular formula is C14H20O3. The van der Waals surface area contributed by atoms with Gasteiger partial charge in [0.2, 0.25) is 0 Å². The van der Waals surface area contributed by atoms with Crippen LogP contribution in [0.25, 0.3) is 0 Å². The predicted molar refractivity (Wildman–Crippen MR) is 67.5 cm³/mol. The van der Waals surface area contributed by atoms with Gasteiger partial charge in [-0.1, -0.05) is 42.5 Å². The van der Waals surface area contributed by atoms with Crippen LogP contribution in [0.15, 0.2) is 42.5 Å². The summed E-state index contributed by atoms with van der Waals surface area (Å²) in [6.07, 6.45) is 2.42. The van der Waals surface area contributed by atoms with E-state index in [0.29, 0.717) is 6.61 Å². The highest BCUT2D eigenvalue weighted by molar-refractivity contribution is 5.13. The molecule has 1 aromatic rings. The van der Waals surface area contributed by atoms with Crippen molar-refractivity contribution in [2.24, 2.45) is 0 Å². The van der Waals surface area contributed by atoms with Crippen molar-refractivity contribution < 1.29 is 14.9 Å². The van der Waals surface area contributed by atoms with Crippen LogP contribution in [-0.4, -0.2) is 28.5 Å². The van der Waals surface area contributed by atoms with Gasteiger partial charge in [0.25, 0.3) is 0 Å². The summed E-state index contributed by atoms with van der Waals surface area (Å²) in [5.74, 6) is 0. The molecular weight excluding hydrogens is 216 g/mol. The van der Waals surface area contributed by atoms with Crippen molar-refractivity contribution >= 4 is 0 Å². The van der Waals surface area contributed by atoms with Gasteiger partial charge in [-0.2, -0.15) is 0 Å². The summed E-state index contributed by atoms with van der Waals surface area (Å²) < 4.78 is 5.36. The second-order valence-corrected chi connectivity index (χ2v) is 4.58. The van der Waals surface area contributed by atoms with E-state index < -0.39 is 11.7 Å². The molecule has 0 bridgehead atoms. The maximum atomic E-state index is 9.57. The summed E-state index contributed by atoms with van der Waals surface area (Å²) in [6, 6.07) is 9.79. The SMILES string of the molecule is CC(C)(O)/C=C/[C@@H](O)COCc1ccccc1. The van der Waals surface area contributed by atoms with Crippen LogP contribution in [0.5, 0.6) is 0 Å². The summed E-state index contributed by atoms with van der Waals surface area (Å²) in [7, 11) is 0. The highest BCUT2D eigenvalue weighted by Gasteiger charge is 2.08. The van der Waals surface area contributed by atoms with Gasteiger partial charge in [0.1, 0.15) is 0 Å². The standard InChI is InChI=1S/C14H20O3/c1-14(2,16)9-8-13(15)11-17-10-12-6-4-3-5-7-12/h3-9,13,15-16H,10-11H2,1-2H3/b9-8+/t13-/m1/s1. The van der Waals surface area contributed by atoms with E-state index in [-0.39, 0.29) is 6.61 Å². The Labute approximate surface area is 102 Å². The van der Waals surface area contributed by atoms with Gasteiger partial charge >= 0.3 is 0 Å². The molecule has 0 aliphatic heterocycles. The van der Waals surface area contributed by atoms with E-state index >= 15 is 0 Å². The Hall–Kier alpha value is -1.16. The van der Waals surface area contributed by atoms with Crippen molar-refractivity contribution in [3.8, 4) is 0 Å². The molecule has 0 aromatic heterocycles. The number of benzene rings is 1. The lowest BCUT2D eigenvalue weighted by Crippen LogP contribution is -2.18. The van der Waals surface area contributed by atoms with Crippen LogP contribution in [0.4, 0.5) is 0 Å². The molecule has 0 saturated heterocycles. The van der Waals surface area contributed by atoms with Crippen LogP contribution < -0.4 is 0 Å². The normalized spacial score (nSPS) is 14.1. The molecule has 3 nitrogen and oxygen atoms in total. The van der Waals surface area contributed by atoms with E-state index in [4.69, 9.17) is 4.74 Å². The fraction of sp³-hybridized carbons (Fsp3) is 0.429. The fourth-order valence-electron chi connectivity index (χ4n) is 1.27. The third-order valence-electron chi connectivity index (χ3n) is 2.13. The minimum absolute atomic E-state index is 0.224. The molecule has 3 heteroatoms. The molecule has 0 spiro atoms. The molecule has 1 aromatic carbocycles. The minimum atomic E-state index is -0.902. The molecule has 17 heavy (non-hydrogen) atoms. The van der Waals surface area contributed by atoms with E-state index in [9.17, 15) is 10.2 Å². The van der Waals surface area contributed by atoms with Crippen LogP contribution in [0.2, 0.25) is 0 Å². The van der Waals surface area contributed by atoms with Crippen molar-refractivity contribution in [3.63, 3.8) is 0 Å². The van der Waals surface area contributed by atoms with Crippen molar-refractivity contribution in [3.05, 3.63) is 48.0 Å². The first-order valence-corrected chi connectivity index (χ1v) is 5.69. The number of hydrogen-bond acceptors (Lipinski definition) is 3. The van der Waals surface area contributed by atoms with E-state index in [2.05, 4.69) is 0 Å². The van der Waals surface area contributed by atoms with Crippen molar-refractivity contribution in [2.45, 2.75) is 32.2 Å². The van der Waals surface area contributed by atoms with Gasteiger partial charge in [0.15, 0.2) is 0 Å². The van der Waals surface area contributed by atoms with E-state index in [1.54, 1.807) is 26.0 Å². The van der Waals surface area contributed by atoms with Gasteiger partial charge in [0, 0.05) is 0 Å². The zero-order chi connectivity index (χ0) is 12.7. The van der Waals surface area contributed by atoms with Gasteiger partial charge in [-0.15, -0.1) is 0 Å². The Morgan fingerprint density at radius 3 is 2.53 bits per heavy atom. The third kappa shape index (κ3) is 6.89. The van der Waals surface area contributed by atoms with Crippen LogP contribution in [0.1, 0.15) is 19.4 Å². The number of hydrogen-bond donors (Lipinski definition) is 2. The van der Waals surface area contributed by atoms with Gasteiger partial charge in [-0.3, -0.25) is 0 Å². The molecule has 94 valence electrons. The summed E-state index contributed by atoms with van der Waals surface area (Å²) in [6.45, 7) is 4.01. The average Bonchev–Trinajstić information content (AvgIpc) is 2.27. The fourth-order valence-corrected chi connectivity index (χ4v) is 1.27. The van der Waals surface area contributed by atoms with Gasteiger partial charge in [-0.25, -0.2) is 0 Å². The Morgan fingerprint density at radius 1 is 1.29 bits per heavy atom. The quantitative estimate of drug-likeness (QED) is 0.742. The smallest absolute Gasteiger partial charge is 0.0955 e. The first kappa shape index (κ1) is 13.9. The summed E-state index contributed by atoms with van der Waals surface area (Å²) in [5, 5.41) is 19.0. The first-order chi connectivity index (χ1) is 7.97. The van der Waals surface area contributed by atoms with Crippen LogP contribution >= 0.6 is 0 Å². The van der Waals surface area contributed by atoms with Crippen molar-refractivity contribution in [2.75, 3.05) is 6.61 Å². The van der Waals surface area contributed by atoms with Crippen molar-refractivity contribution in [1.29, 1.82) is 0 Å². The topological polar surface area (TPSA) is 49.7 Å². The highest BCUT2D eigenvalue weighted by atomic mass is 16.5. The monoisotopic (exact) mass is 236 g/mol. The number of ether oxygens (including phenoxy) is 1. The number of rotatable bonds is 6. The van der Waals surface area contributed by atoms with Crippen molar-refractivity contribution in [1.82, 2.24) is 0 Å². The molecule has 0 heterocycles. The van der Waals surface area contributed by atoms with Crippen LogP contribution in [0, 0.1) is 0 Å². The molecule has 0 amide bonds. The van der Waals surface area contributed by atoms with E-state index in [1.807, 2.05) is 30.3 Å². The molecule has 2 N–H and O–H groups in total. The number of aliphatic hydroxyl groups is 2. The molecule has 0 radical (unpaired) electrons. The summed E-state index contributed by atoms with van der Waals surface area (Å²) >= 11 is 0. The molecule has 1 atom stereocenters. The largest absolute Gasteiger partial charge is 0.387 e. The van der Waals surface area contributed by atoms with Gasteiger partial charge in [0.05, 0.1) is 24.9 Å². The average molecular weight is 236 g/mol. The number of aliphatic hydroxyl groups excluding tert-OH is 1. The van der Waals surface area contributed by atoms with Gasteiger partial charge in [-0.05, 0) is 19.4 Å². The van der Waals surface area contributed by atoms with Crippen LogP contribution in [0.3, 0.4) is 0 Å². The van der Waals surface area contributed by atoms with E-state index in [0.717, 1.165) is 5.56 Å². The predicted octanol–water partition coefficient (Wildman–Crippen LogP) is 1.89. The third-order valence-corrected chi connectivity index (χ3v) is 2.13. The Kier molecular flexibility index (Phi) is 5.35.